The second-order valence-corrected chi connectivity index (χ2v) is 6.09. The summed E-state index contributed by atoms with van der Waals surface area (Å²) in [6.07, 6.45) is 1.95. The fourth-order valence-electron chi connectivity index (χ4n) is 3.11. The lowest BCUT2D eigenvalue weighted by Gasteiger charge is -2.41. The van der Waals surface area contributed by atoms with Gasteiger partial charge >= 0.3 is 0 Å². The molecule has 0 unspecified atom stereocenters. The molecular weight excluding hydrogens is 305 g/mol. The third kappa shape index (κ3) is 4.00. The smallest absolute Gasteiger partial charge is 0.157 e. The normalized spacial score (nSPS) is 12.0. The molecule has 0 amide bonds. The van der Waals surface area contributed by atoms with E-state index in [4.69, 9.17) is 23.2 Å². The predicted octanol–water partition coefficient (Wildman–Crippen LogP) is 5.01. The van der Waals surface area contributed by atoms with E-state index in [0.717, 1.165) is 31.5 Å². The number of benzene rings is 1. The molecule has 0 aliphatic carbocycles. The highest BCUT2D eigenvalue weighted by Gasteiger charge is 2.38. The Kier molecular flexibility index (Phi) is 7.19. The Balaban J connectivity index is 3.09. The van der Waals surface area contributed by atoms with E-state index in [-0.39, 0.29) is 5.78 Å². The molecule has 118 valence electrons. The third-order valence-corrected chi connectivity index (χ3v) is 5.02. The molecule has 0 N–H and O–H groups in total. The van der Waals surface area contributed by atoms with E-state index >= 15 is 0 Å². The monoisotopic (exact) mass is 329 g/mol. The lowest BCUT2D eigenvalue weighted by Crippen LogP contribution is -2.54. The van der Waals surface area contributed by atoms with Crippen LogP contribution in [0.1, 0.15) is 46.1 Å². The SMILES string of the molecule is CCN(CC)C(CC)(CC)C(=O)Cc1cc(Cl)ccc1Cl. The summed E-state index contributed by atoms with van der Waals surface area (Å²) in [4.78, 5) is 15.2. The average Bonchev–Trinajstić information content (AvgIpc) is 2.48. The van der Waals surface area contributed by atoms with Crippen molar-refractivity contribution in [1.29, 1.82) is 0 Å². The zero-order valence-corrected chi connectivity index (χ0v) is 14.9. The number of carbonyl (C=O) groups excluding carboxylic acids is 1. The molecule has 21 heavy (non-hydrogen) atoms. The van der Waals surface area contributed by atoms with E-state index < -0.39 is 5.54 Å². The van der Waals surface area contributed by atoms with Crippen molar-refractivity contribution in [3.8, 4) is 0 Å². The van der Waals surface area contributed by atoms with Gasteiger partial charge in [-0.3, -0.25) is 9.69 Å². The molecule has 0 heterocycles. The summed E-state index contributed by atoms with van der Waals surface area (Å²) in [5.74, 6) is 0.223. The Bertz CT molecular complexity index is 480. The first-order valence-electron chi connectivity index (χ1n) is 7.67. The van der Waals surface area contributed by atoms with Crippen LogP contribution >= 0.6 is 23.2 Å². The Hall–Kier alpha value is -0.570. The van der Waals surface area contributed by atoms with Crippen molar-refractivity contribution in [3.05, 3.63) is 33.8 Å². The van der Waals surface area contributed by atoms with Crippen LogP contribution in [-0.4, -0.2) is 29.3 Å². The van der Waals surface area contributed by atoms with Gasteiger partial charge in [0.25, 0.3) is 0 Å². The summed E-state index contributed by atoms with van der Waals surface area (Å²) in [7, 11) is 0. The number of Topliss-reactive ketones (excluding diaryl/α,β-unsaturated/α-hetero) is 1. The first kappa shape index (κ1) is 18.5. The maximum atomic E-state index is 13.0. The third-order valence-electron chi connectivity index (χ3n) is 4.42. The van der Waals surface area contributed by atoms with Crippen LogP contribution in [0.4, 0.5) is 0 Å². The minimum Gasteiger partial charge on any atom is -0.297 e. The number of ketones is 1. The van der Waals surface area contributed by atoms with Gasteiger partial charge in [-0.25, -0.2) is 0 Å². The van der Waals surface area contributed by atoms with Crippen molar-refractivity contribution in [2.45, 2.75) is 52.5 Å². The number of likely N-dealkylation sites (N-methyl/N-ethyl adjacent to an activating group) is 1. The van der Waals surface area contributed by atoms with E-state index in [2.05, 4.69) is 32.6 Å². The lowest BCUT2D eigenvalue weighted by atomic mass is 9.83. The van der Waals surface area contributed by atoms with Crippen molar-refractivity contribution in [1.82, 2.24) is 4.90 Å². The molecule has 1 aromatic rings. The molecule has 0 radical (unpaired) electrons. The van der Waals surface area contributed by atoms with Gasteiger partial charge in [-0.05, 0) is 49.7 Å². The molecular formula is C17H25Cl2NO. The largest absolute Gasteiger partial charge is 0.297 e. The number of carbonyl (C=O) groups is 1. The van der Waals surface area contributed by atoms with Crippen LogP contribution in [-0.2, 0) is 11.2 Å². The number of hydrogen-bond acceptors (Lipinski definition) is 2. The van der Waals surface area contributed by atoms with Gasteiger partial charge in [0.1, 0.15) is 0 Å². The number of hydrogen-bond donors (Lipinski definition) is 0. The van der Waals surface area contributed by atoms with Crippen LogP contribution in [0.3, 0.4) is 0 Å². The minimum atomic E-state index is -0.408. The van der Waals surface area contributed by atoms with Gasteiger partial charge < -0.3 is 0 Å². The fraction of sp³-hybridized carbons (Fsp3) is 0.588. The van der Waals surface area contributed by atoms with Crippen LogP contribution in [0, 0.1) is 0 Å². The Morgan fingerprint density at radius 2 is 1.67 bits per heavy atom. The van der Waals surface area contributed by atoms with Gasteiger partial charge in [0.15, 0.2) is 5.78 Å². The van der Waals surface area contributed by atoms with Crippen LogP contribution in [0.5, 0.6) is 0 Å². The summed E-state index contributed by atoms with van der Waals surface area (Å²) < 4.78 is 0. The maximum Gasteiger partial charge on any atom is 0.157 e. The summed E-state index contributed by atoms with van der Waals surface area (Å²) >= 11 is 12.2. The summed E-state index contributed by atoms with van der Waals surface area (Å²) in [6.45, 7) is 10.1. The van der Waals surface area contributed by atoms with Gasteiger partial charge in [0, 0.05) is 16.5 Å². The molecule has 4 heteroatoms. The second-order valence-electron chi connectivity index (χ2n) is 5.25. The van der Waals surface area contributed by atoms with Crippen molar-refractivity contribution in [2.75, 3.05) is 13.1 Å². The van der Waals surface area contributed by atoms with Gasteiger partial charge in [-0.2, -0.15) is 0 Å². The quantitative estimate of drug-likeness (QED) is 0.668. The lowest BCUT2D eigenvalue weighted by molar-refractivity contribution is -0.131. The summed E-state index contributed by atoms with van der Waals surface area (Å²) in [5, 5.41) is 1.22. The molecule has 0 aliphatic rings. The highest BCUT2D eigenvalue weighted by Crippen LogP contribution is 2.29. The van der Waals surface area contributed by atoms with E-state index in [9.17, 15) is 4.79 Å². The first-order valence-corrected chi connectivity index (χ1v) is 8.42. The van der Waals surface area contributed by atoms with Crippen molar-refractivity contribution >= 4 is 29.0 Å². The van der Waals surface area contributed by atoms with Crippen LogP contribution < -0.4 is 0 Å². The molecule has 0 saturated heterocycles. The first-order chi connectivity index (χ1) is 9.94. The molecule has 0 aromatic heterocycles. The molecule has 0 aliphatic heterocycles. The van der Waals surface area contributed by atoms with Gasteiger partial charge in [0.2, 0.25) is 0 Å². The summed E-state index contributed by atoms with van der Waals surface area (Å²) in [6, 6.07) is 5.29. The number of halogens is 2. The van der Waals surface area contributed by atoms with E-state index in [1.54, 1.807) is 18.2 Å². The Morgan fingerprint density at radius 1 is 1.10 bits per heavy atom. The molecule has 1 rings (SSSR count). The fourth-order valence-corrected chi connectivity index (χ4v) is 3.49. The van der Waals surface area contributed by atoms with Gasteiger partial charge in [0.05, 0.1) is 5.54 Å². The van der Waals surface area contributed by atoms with Crippen LogP contribution in [0.2, 0.25) is 10.0 Å². The van der Waals surface area contributed by atoms with E-state index in [1.165, 1.54) is 0 Å². The summed E-state index contributed by atoms with van der Waals surface area (Å²) in [5.41, 5.74) is 0.405. The van der Waals surface area contributed by atoms with Crippen molar-refractivity contribution < 1.29 is 4.79 Å². The molecule has 1 aromatic carbocycles. The topological polar surface area (TPSA) is 20.3 Å². The van der Waals surface area contributed by atoms with Crippen LogP contribution in [0.25, 0.3) is 0 Å². The molecule has 0 saturated carbocycles. The Morgan fingerprint density at radius 3 is 2.14 bits per heavy atom. The van der Waals surface area contributed by atoms with Gasteiger partial charge in [-0.15, -0.1) is 0 Å². The van der Waals surface area contributed by atoms with Crippen molar-refractivity contribution in [3.63, 3.8) is 0 Å². The van der Waals surface area contributed by atoms with Crippen molar-refractivity contribution in [2.24, 2.45) is 0 Å². The molecule has 0 atom stereocenters. The standard InChI is InChI=1S/C17H25Cl2NO/c1-5-17(6-2,20(7-3)8-4)16(21)12-13-11-14(18)9-10-15(13)19/h9-11H,5-8,12H2,1-4H3. The van der Waals surface area contributed by atoms with E-state index in [1.807, 2.05) is 0 Å². The second kappa shape index (κ2) is 8.17. The maximum absolute atomic E-state index is 13.0. The molecule has 0 fully saturated rings. The molecule has 0 bridgehead atoms. The highest BCUT2D eigenvalue weighted by molar-refractivity contribution is 6.33. The average molecular weight is 330 g/mol. The molecule has 2 nitrogen and oxygen atoms in total. The van der Waals surface area contributed by atoms with Gasteiger partial charge in [-0.1, -0.05) is 50.9 Å². The zero-order valence-electron chi connectivity index (χ0n) is 13.4. The zero-order chi connectivity index (χ0) is 16.0. The highest BCUT2D eigenvalue weighted by atomic mass is 35.5. The van der Waals surface area contributed by atoms with Crippen LogP contribution in [0.15, 0.2) is 18.2 Å². The number of rotatable bonds is 8. The number of nitrogens with zero attached hydrogens (tertiary/aromatic N) is 1. The van der Waals surface area contributed by atoms with E-state index in [0.29, 0.717) is 16.5 Å². The predicted molar refractivity (Wildman–Crippen MR) is 91.4 cm³/mol. The Labute approximate surface area is 138 Å². The molecule has 0 spiro atoms. The minimum absolute atomic E-state index is 0.223.